The summed E-state index contributed by atoms with van der Waals surface area (Å²) in [5, 5.41) is 22.4. The molecule has 0 radical (unpaired) electrons. The number of carboxylic acids is 1. The number of unbranched alkanes of at least 4 members (excludes halogenated alkanes) is 11. The number of aliphatic hydroxyl groups excluding tert-OH is 1. The number of amides is 1. The number of allylic oxidation sites excluding steroid dienone is 2. The zero-order valence-corrected chi connectivity index (χ0v) is 20.4. The number of hydrogen-bond donors (Lipinski definition) is 2. The Balaban J connectivity index is 0. The molecule has 158 valence electrons. The van der Waals surface area contributed by atoms with Crippen LogP contribution in [0.3, 0.4) is 0 Å². The monoisotopic (exact) mass is 405 g/mol. The molecule has 1 amide bonds. The molecule has 0 aromatic rings. The van der Waals surface area contributed by atoms with Crippen molar-refractivity contribution in [2.24, 2.45) is 0 Å². The van der Waals surface area contributed by atoms with E-state index in [0.717, 1.165) is 32.1 Å². The van der Waals surface area contributed by atoms with Gasteiger partial charge in [-0.05, 0) is 39.0 Å². The van der Waals surface area contributed by atoms with Crippen LogP contribution in [0.25, 0.3) is 0 Å². The first kappa shape index (κ1) is 29.8. The Morgan fingerprint density at radius 3 is 1.82 bits per heavy atom. The van der Waals surface area contributed by atoms with E-state index in [2.05, 4.69) is 24.4 Å². The van der Waals surface area contributed by atoms with E-state index in [9.17, 15) is 19.8 Å². The number of carbonyl (C=O) groups is 2. The summed E-state index contributed by atoms with van der Waals surface area (Å²) in [5.41, 5.74) is 0. The average molecular weight is 406 g/mol. The molecule has 6 heteroatoms. The Labute approximate surface area is 194 Å². The third-order valence-electron chi connectivity index (χ3n) is 4.72. The molecule has 0 aliphatic heterocycles. The van der Waals surface area contributed by atoms with Gasteiger partial charge in [0.25, 0.3) is 0 Å². The van der Waals surface area contributed by atoms with Gasteiger partial charge in [0.1, 0.15) is 0 Å². The van der Waals surface area contributed by atoms with E-state index in [1.165, 1.54) is 58.3 Å². The number of nitrogens with one attached hydrogen (secondary N) is 1. The summed E-state index contributed by atoms with van der Waals surface area (Å²) < 4.78 is 0. The van der Waals surface area contributed by atoms with Crippen LogP contribution < -0.4 is 40.0 Å². The van der Waals surface area contributed by atoms with E-state index in [1.54, 1.807) is 0 Å². The van der Waals surface area contributed by atoms with E-state index < -0.39 is 18.1 Å². The zero-order chi connectivity index (χ0) is 20.3. The third-order valence-corrected chi connectivity index (χ3v) is 4.72. The molecule has 0 aliphatic rings. The van der Waals surface area contributed by atoms with Crippen LogP contribution in [0.4, 0.5) is 0 Å². The summed E-state index contributed by atoms with van der Waals surface area (Å²) >= 11 is 0. The fourth-order valence-corrected chi connectivity index (χ4v) is 2.98. The van der Waals surface area contributed by atoms with Crippen LogP contribution in [-0.4, -0.2) is 29.1 Å². The molecule has 28 heavy (non-hydrogen) atoms. The molecule has 5 nitrogen and oxygen atoms in total. The van der Waals surface area contributed by atoms with Gasteiger partial charge in [0.2, 0.25) is 5.91 Å². The van der Waals surface area contributed by atoms with Crippen LogP contribution in [0.5, 0.6) is 0 Å². The molecule has 0 aromatic heterocycles. The average Bonchev–Trinajstić information content (AvgIpc) is 2.62. The van der Waals surface area contributed by atoms with Crippen LogP contribution in [0, 0.1) is 0 Å². The molecule has 2 atom stereocenters. The molecule has 0 fully saturated rings. The minimum Gasteiger partial charge on any atom is -0.548 e. The van der Waals surface area contributed by atoms with Gasteiger partial charge in [0.05, 0.1) is 18.1 Å². The van der Waals surface area contributed by atoms with Gasteiger partial charge in [-0.25, -0.2) is 0 Å². The van der Waals surface area contributed by atoms with Crippen molar-refractivity contribution >= 4 is 11.9 Å². The van der Waals surface area contributed by atoms with Crippen molar-refractivity contribution in [1.82, 2.24) is 5.32 Å². The van der Waals surface area contributed by atoms with Crippen molar-refractivity contribution in [2.45, 2.75) is 116 Å². The van der Waals surface area contributed by atoms with E-state index in [0.29, 0.717) is 0 Å². The molecule has 0 saturated heterocycles. The van der Waals surface area contributed by atoms with E-state index >= 15 is 0 Å². The predicted octanol–water partition coefficient (Wildman–Crippen LogP) is 0.643. The quantitative estimate of drug-likeness (QED) is 0.199. The van der Waals surface area contributed by atoms with Crippen molar-refractivity contribution in [1.29, 1.82) is 0 Å². The molecule has 2 N–H and O–H groups in total. The Morgan fingerprint density at radius 1 is 0.893 bits per heavy atom. The molecule has 0 unspecified atom stereocenters. The molecular formula is C22H40NNaO4. The maximum Gasteiger partial charge on any atom is 1.00 e. The summed E-state index contributed by atoms with van der Waals surface area (Å²) in [7, 11) is 0. The van der Waals surface area contributed by atoms with E-state index in [-0.39, 0.29) is 41.9 Å². The largest absolute Gasteiger partial charge is 1.00 e. The molecule has 0 heterocycles. The maximum atomic E-state index is 11.7. The normalized spacial score (nSPS) is 13.1. The van der Waals surface area contributed by atoms with Crippen LogP contribution in [0.2, 0.25) is 0 Å². The van der Waals surface area contributed by atoms with E-state index in [4.69, 9.17) is 0 Å². The van der Waals surface area contributed by atoms with E-state index in [1.807, 2.05) is 0 Å². The second-order valence-corrected chi connectivity index (χ2v) is 7.44. The van der Waals surface area contributed by atoms with Crippen LogP contribution >= 0.6 is 0 Å². The van der Waals surface area contributed by atoms with Gasteiger partial charge in [-0.2, -0.15) is 0 Å². The third kappa shape index (κ3) is 19.0. The first-order valence-electron chi connectivity index (χ1n) is 10.8. The molecule has 0 bridgehead atoms. The molecular weight excluding hydrogens is 365 g/mol. The number of aliphatic hydroxyl groups is 1. The van der Waals surface area contributed by atoms with Crippen molar-refractivity contribution < 1.29 is 49.4 Å². The summed E-state index contributed by atoms with van der Waals surface area (Å²) in [5.74, 6) is -1.80. The van der Waals surface area contributed by atoms with Crippen LogP contribution in [-0.2, 0) is 9.59 Å². The second-order valence-electron chi connectivity index (χ2n) is 7.44. The van der Waals surface area contributed by atoms with Gasteiger partial charge in [-0.15, -0.1) is 0 Å². The minimum atomic E-state index is -1.46. The van der Waals surface area contributed by atoms with Gasteiger partial charge < -0.3 is 20.3 Å². The number of carboxylic acid groups (broad SMARTS) is 1. The standard InChI is InChI=1S/C22H41NO4.Na/c1-3-4-5-6-7-8-9-10-11-12-13-14-15-16-17-18-20(25)23-21(19(2)24)22(26)27;/h10-11,19,21,24H,3-9,12-18H2,1-2H3,(H,23,25)(H,26,27);/q;+1/p-1/b11-10-;/t19-,21+;/m1./s1. The fourth-order valence-electron chi connectivity index (χ4n) is 2.98. The first-order chi connectivity index (χ1) is 13.0. The fraction of sp³-hybridized carbons (Fsp3) is 0.818. The van der Waals surface area contributed by atoms with Gasteiger partial charge in [0.15, 0.2) is 0 Å². The maximum absolute atomic E-state index is 11.7. The Bertz CT molecular complexity index is 413. The topological polar surface area (TPSA) is 89.5 Å². The van der Waals surface area contributed by atoms with Crippen molar-refractivity contribution in [2.75, 3.05) is 0 Å². The molecule has 0 saturated carbocycles. The predicted molar refractivity (Wildman–Crippen MR) is 108 cm³/mol. The zero-order valence-electron chi connectivity index (χ0n) is 18.4. The smallest absolute Gasteiger partial charge is 0.548 e. The number of rotatable bonds is 18. The van der Waals surface area contributed by atoms with Crippen LogP contribution in [0.1, 0.15) is 104 Å². The summed E-state index contributed by atoms with van der Waals surface area (Å²) in [6.07, 6.45) is 19.2. The van der Waals surface area contributed by atoms with Gasteiger partial charge in [-0.1, -0.05) is 70.4 Å². The van der Waals surface area contributed by atoms with Gasteiger partial charge >= 0.3 is 29.6 Å². The van der Waals surface area contributed by atoms with Crippen molar-refractivity contribution in [3.63, 3.8) is 0 Å². The first-order valence-corrected chi connectivity index (χ1v) is 10.8. The molecule has 0 aliphatic carbocycles. The number of aliphatic carboxylic acids is 1. The molecule has 0 aromatic carbocycles. The SMILES string of the molecule is CCCCCCCC/C=C\CCCCCCCC(=O)N[C@H](C(=O)[O-])[C@@H](C)O.[Na+]. The van der Waals surface area contributed by atoms with Crippen molar-refractivity contribution in [3.8, 4) is 0 Å². The summed E-state index contributed by atoms with van der Waals surface area (Å²) in [6, 6.07) is -1.33. The molecule has 0 rings (SSSR count). The summed E-state index contributed by atoms with van der Waals surface area (Å²) in [6.45, 7) is 3.57. The number of hydrogen-bond acceptors (Lipinski definition) is 4. The Morgan fingerprint density at radius 2 is 1.36 bits per heavy atom. The molecule has 0 spiro atoms. The summed E-state index contributed by atoms with van der Waals surface area (Å²) in [4.78, 5) is 22.5. The van der Waals surface area contributed by atoms with Gasteiger partial charge in [-0.3, -0.25) is 4.79 Å². The van der Waals surface area contributed by atoms with Crippen LogP contribution in [0.15, 0.2) is 12.2 Å². The Hall–Kier alpha value is -0.360. The second kappa shape index (κ2) is 21.4. The van der Waals surface area contributed by atoms with Gasteiger partial charge in [0, 0.05) is 6.42 Å². The minimum absolute atomic E-state index is 0. The number of carbonyl (C=O) groups excluding carboxylic acids is 2. The van der Waals surface area contributed by atoms with Crippen molar-refractivity contribution in [3.05, 3.63) is 12.2 Å². The Kier molecular flexibility index (Phi) is 22.8.